The summed E-state index contributed by atoms with van der Waals surface area (Å²) in [6.45, 7) is 9.12. The van der Waals surface area contributed by atoms with E-state index < -0.39 is 57.8 Å². The minimum absolute atomic E-state index is 0.0970. The van der Waals surface area contributed by atoms with Crippen molar-refractivity contribution in [1.82, 2.24) is 0 Å². The zero-order valence-electron chi connectivity index (χ0n) is 24.9. The van der Waals surface area contributed by atoms with Crippen LogP contribution in [0.1, 0.15) is 70.6 Å². The molecule has 7 nitrogen and oxygen atoms in total. The summed E-state index contributed by atoms with van der Waals surface area (Å²) in [5.74, 6) is -5.99. The number of rotatable bonds is 7. The number of hydrogen-bond acceptors (Lipinski definition) is 7. The first-order chi connectivity index (χ1) is 19.8. The van der Waals surface area contributed by atoms with Crippen molar-refractivity contribution in [3.63, 3.8) is 0 Å². The smallest absolute Gasteiger partial charge is 0.202 e. The van der Waals surface area contributed by atoms with Gasteiger partial charge in [0.25, 0.3) is 0 Å². The fourth-order valence-corrected chi connectivity index (χ4v) is 7.68. The summed E-state index contributed by atoms with van der Waals surface area (Å²) in [5, 5.41) is 45.3. The second kappa shape index (κ2) is 10.8. The molecule has 1 fully saturated rings. The minimum atomic E-state index is -2.53. The van der Waals surface area contributed by atoms with Gasteiger partial charge in [0.1, 0.15) is 22.8 Å². The number of allylic oxidation sites excluding steroid dienone is 1. The van der Waals surface area contributed by atoms with Gasteiger partial charge >= 0.3 is 0 Å². The number of carbonyl (C=O) groups excluding carboxylic acids is 3. The average molecular weight is 573 g/mol. The molecule has 0 heterocycles. The normalized spacial score (nSPS) is 26.2. The maximum Gasteiger partial charge on any atom is 0.202 e. The fourth-order valence-electron chi connectivity index (χ4n) is 7.68. The second-order valence-corrected chi connectivity index (χ2v) is 12.8. The molecule has 5 atom stereocenters. The number of phenols is 1. The van der Waals surface area contributed by atoms with Crippen molar-refractivity contribution in [3.8, 4) is 16.9 Å². The Balaban J connectivity index is 1.62. The highest BCUT2D eigenvalue weighted by molar-refractivity contribution is 6.24. The van der Waals surface area contributed by atoms with E-state index in [-0.39, 0.29) is 35.6 Å². The maximum atomic E-state index is 14.1. The molecule has 5 unspecified atom stereocenters. The van der Waals surface area contributed by atoms with E-state index in [2.05, 4.69) is 26.0 Å². The van der Waals surface area contributed by atoms with E-state index in [9.17, 15) is 34.8 Å². The number of benzene rings is 2. The Hall–Kier alpha value is -3.71. The molecule has 0 saturated heterocycles. The van der Waals surface area contributed by atoms with Gasteiger partial charge in [0, 0.05) is 17.4 Å². The second-order valence-electron chi connectivity index (χ2n) is 12.8. The van der Waals surface area contributed by atoms with Crippen molar-refractivity contribution in [2.24, 2.45) is 29.6 Å². The number of aliphatic hydroxyl groups excluding tert-OH is 2. The predicted octanol–water partition coefficient (Wildman–Crippen LogP) is 6.06. The summed E-state index contributed by atoms with van der Waals surface area (Å²) in [5.41, 5.74) is 0.571. The summed E-state index contributed by atoms with van der Waals surface area (Å²) in [6.07, 6.45) is 3.69. The Morgan fingerprint density at radius 1 is 1.02 bits per heavy atom. The van der Waals surface area contributed by atoms with Crippen LogP contribution in [0.15, 0.2) is 53.3 Å². The van der Waals surface area contributed by atoms with Crippen molar-refractivity contribution < 1.29 is 34.8 Å². The maximum absolute atomic E-state index is 14.1. The largest absolute Gasteiger partial charge is 0.508 e. The van der Waals surface area contributed by atoms with Crippen molar-refractivity contribution in [1.29, 1.82) is 0 Å². The summed E-state index contributed by atoms with van der Waals surface area (Å²) in [6, 6.07) is 11.5. The van der Waals surface area contributed by atoms with E-state index in [1.54, 1.807) is 19.9 Å². The summed E-state index contributed by atoms with van der Waals surface area (Å²) in [4.78, 5) is 39.9. The molecule has 0 amide bonds. The number of Topliss-reactive ketones (excluding diaryl/α,β-unsaturated/α-hetero) is 3. The first-order valence-corrected chi connectivity index (χ1v) is 15.0. The Kier molecular flexibility index (Phi) is 7.69. The van der Waals surface area contributed by atoms with Gasteiger partial charge in [-0.1, -0.05) is 70.9 Å². The Labute approximate surface area is 246 Å². The Morgan fingerprint density at radius 3 is 2.29 bits per heavy atom. The van der Waals surface area contributed by atoms with Gasteiger partial charge in [-0.3, -0.25) is 14.4 Å². The van der Waals surface area contributed by atoms with Crippen LogP contribution in [0.3, 0.4) is 0 Å². The number of aromatic hydroxyl groups is 1. The summed E-state index contributed by atoms with van der Waals surface area (Å²) < 4.78 is 0. The topological polar surface area (TPSA) is 132 Å². The van der Waals surface area contributed by atoms with Crippen LogP contribution in [0, 0.1) is 29.6 Å². The molecule has 3 aliphatic carbocycles. The average Bonchev–Trinajstić information content (AvgIpc) is 2.91. The van der Waals surface area contributed by atoms with Gasteiger partial charge in [-0.05, 0) is 72.3 Å². The Bertz CT molecular complexity index is 1530. The van der Waals surface area contributed by atoms with Gasteiger partial charge in [0.15, 0.2) is 17.2 Å². The lowest BCUT2D eigenvalue weighted by Crippen LogP contribution is -2.61. The van der Waals surface area contributed by atoms with E-state index in [1.165, 1.54) is 11.6 Å². The van der Waals surface area contributed by atoms with Gasteiger partial charge in [-0.2, -0.15) is 0 Å². The molecule has 4 N–H and O–H groups in total. The van der Waals surface area contributed by atoms with Gasteiger partial charge in [0.05, 0.1) is 5.56 Å². The van der Waals surface area contributed by atoms with Crippen LogP contribution in [-0.2, 0) is 27.2 Å². The van der Waals surface area contributed by atoms with Crippen molar-refractivity contribution in [3.05, 3.63) is 70.0 Å². The number of hydrogen-bond donors (Lipinski definition) is 4. The molecule has 2 aromatic carbocycles. The van der Waals surface area contributed by atoms with E-state index in [0.717, 1.165) is 37.3 Å². The van der Waals surface area contributed by atoms with Gasteiger partial charge in [0.2, 0.25) is 5.78 Å². The Morgan fingerprint density at radius 2 is 1.69 bits per heavy atom. The van der Waals surface area contributed by atoms with Crippen LogP contribution in [0.25, 0.3) is 16.9 Å². The summed E-state index contributed by atoms with van der Waals surface area (Å²) in [7, 11) is 0. The summed E-state index contributed by atoms with van der Waals surface area (Å²) >= 11 is 0. The molecule has 3 aliphatic rings. The molecule has 2 aromatic rings. The number of carbonyl (C=O) groups is 3. The lowest BCUT2D eigenvalue weighted by molar-refractivity contribution is -0.155. The highest BCUT2D eigenvalue weighted by Gasteiger charge is 2.63. The van der Waals surface area contributed by atoms with Crippen LogP contribution in [-0.4, -0.2) is 43.4 Å². The highest BCUT2D eigenvalue weighted by Crippen LogP contribution is 2.55. The lowest BCUT2D eigenvalue weighted by atomic mass is 9.54. The number of ketones is 3. The number of phenolic OH excluding ortho intramolecular Hbond substituents is 1. The van der Waals surface area contributed by atoms with Crippen LogP contribution in [0.5, 0.6) is 5.75 Å². The molecule has 222 valence electrons. The number of fused-ring (bicyclic) bond motifs is 3. The fraction of sp³-hybridized carbons (Fsp3) is 0.457. The molecule has 0 bridgehead atoms. The van der Waals surface area contributed by atoms with E-state index in [0.29, 0.717) is 11.5 Å². The zero-order valence-corrected chi connectivity index (χ0v) is 24.9. The molecular weight excluding hydrogens is 532 g/mol. The van der Waals surface area contributed by atoms with Crippen LogP contribution >= 0.6 is 0 Å². The standard InChI is InChI=1S/C35H40O7/c1-6-7-18(4)14-20-8-10-21(11-9-20)23-12-13-26(37)30-24(23)15-22-16-25-27(17(2)3)31(38)28(19(5)36)33(40)35(25,42)34(41)29(22)32(30)39/h8-13,17-18,22,25,27,37,39-40,42H,6-7,14-16H2,1-5H3. The quantitative estimate of drug-likeness (QED) is 0.297. The highest BCUT2D eigenvalue weighted by atomic mass is 16.3. The number of aliphatic hydroxyl groups is 3. The molecule has 0 aromatic heterocycles. The van der Waals surface area contributed by atoms with Crippen molar-refractivity contribution in [2.75, 3.05) is 0 Å². The van der Waals surface area contributed by atoms with Gasteiger partial charge in [-0.15, -0.1) is 0 Å². The van der Waals surface area contributed by atoms with E-state index >= 15 is 0 Å². The molecule has 0 radical (unpaired) electrons. The first-order valence-electron chi connectivity index (χ1n) is 15.0. The van der Waals surface area contributed by atoms with Gasteiger partial charge < -0.3 is 20.4 Å². The van der Waals surface area contributed by atoms with Crippen LogP contribution < -0.4 is 0 Å². The van der Waals surface area contributed by atoms with Crippen LogP contribution in [0.4, 0.5) is 0 Å². The third-order valence-corrected chi connectivity index (χ3v) is 9.59. The molecule has 42 heavy (non-hydrogen) atoms. The van der Waals surface area contributed by atoms with E-state index in [1.807, 2.05) is 12.1 Å². The first kappa shape index (κ1) is 29.8. The molecular formula is C35H40O7. The molecule has 7 heteroatoms. The van der Waals surface area contributed by atoms with Gasteiger partial charge in [-0.25, -0.2) is 0 Å². The zero-order chi connectivity index (χ0) is 30.7. The minimum Gasteiger partial charge on any atom is -0.508 e. The molecule has 5 rings (SSSR count). The van der Waals surface area contributed by atoms with Crippen molar-refractivity contribution in [2.45, 2.75) is 72.3 Å². The van der Waals surface area contributed by atoms with Crippen molar-refractivity contribution >= 4 is 23.1 Å². The molecule has 0 spiro atoms. The molecule has 1 saturated carbocycles. The third-order valence-electron chi connectivity index (χ3n) is 9.59. The third kappa shape index (κ3) is 4.49. The molecule has 0 aliphatic heterocycles. The SMILES string of the molecule is CCCC(C)Cc1ccc(-c2ccc(O)c3c2CC2CC4C(C(C)C)C(=O)C(C(C)=O)=C(O)C4(O)C(=O)C2=C3O)cc1. The van der Waals surface area contributed by atoms with Crippen LogP contribution in [0.2, 0.25) is 0 Å². The lowest BCUT2D eigenvalue weighted by Gasteiger charge is -2.50. The van der Waals surface area contributed by atoms with E-state index in [4.69, 9.17) is 0 Å². The predicted molar refractivity (Wildman–Crippen MR) is 160 cm³/mol. The monoisotopic (exact) mass is 572 g/mol.